The molecular formula is C30H46O5. The highest BCUT2D eigenvalue weighted by Gasteiger charge is 2.68. The molecular weight excluding hydrogens is 440 g/mol. The minimum absolute atomic E-state index is 0.0958. The smallest absolute Gasteiger partial charge is 0.309 e. The van der Waals surface area contributed by atoms with Crippen LogP contribution in [0.25, 0.3) is 0 Å². The molecule has 4 fully saturated rings. The topological polar surface area (TPSA) is 83.8 Å². The Bertz CT molecular complexity index is 958. The Morgan fingerprint density at radius 2 is 1.71 bits per heavy atom. The van der Waals surface area contributed by atoms with Crippen molar-refractivity contribution in [2.45, 2.75) is 118 Å². The summed E-state index contributed by atoms with van der Waals surface area (Å²) in [5.74, 6) is 0.463. The van der Waals surface area contributed by atoms with Crippen molar-refractivity contribution in [1.82, 2.24) is 0 Å². The number of Topliss-reactive ketones (excluding diaryl/α,β-unsaturated/α-hetero) is 1. The predicted octanol–water partition coefficient (Wildman–Crippen LogP) is 5.22. The Morgan fingerprint density at radius 1 is 1.03 bits per heavy atom. The van der Waals surface area contributed by atoms with Crippen molar-refractivity contribution >= 4 is 11.8 Å². The monoisotopic (exact) mass is 486 g/mol. The number of carbonyl (C=O) groups is 2. The van der Waals surface area contributed by atoms with Gasteiger partial charge in [0.05, 0.1) is 17.6 Å². The molecule has 5 heteroatoms. The van der Waals surface area contributed by atoms with Gasteiger partial charge in [-0.05, 0) is 86.9 Å². The van der Waals surface area contributed by atoms with Crippen LogP contribution in [-0.2, 0) is 14.3 Å². The van der Waals surface area contributed by atoms with E-state index in [1.807, 2.05) is 0 Å². The van der Waals surface area contributed by atoms with Crippen LogP contribution in [0.3, 0.4) is 0 Å². The fourth-order valence-electron chi connectivity index (χ4n) is 9.89. The molecule has 9 atom stereocenters. The van der Waals surface area contributed by atoms with Crippen LogP contribution in [0.4, 0.5) is 0 Å². The molecule has 5 aliphatic rings. The number of aliphatic hydroxyl groups is 2. The highest BCUT2D eigenvalue weighted by atomic mass is 16.6. The Kier molecular flexibility index (Phi) is 5.57. The van der Waals surface area contributed by atoms with Gasteiger partial charge in [-0.3, -0.25) is 9.59 Å². The van der Waals surface area contributed by atoms with Gasteiger partial charge in [0.2, 0.25) is 0 Å². The third-order valence-electron chi connectivity index (χ3n) is 12.2. The van der Waals surface area contributed by atoms with Crippen molar-refractivity contribution in [2.24, 2.45) is 45.3 Å². The number of hydrogen-bond acceptors (Lipinski definition) is 5. The highest BCUT2D eigenvalue weighted by molar-refractivity contribution is 5.85. The van der Waals surface area contributed by atoms with Crippen molar-refractivity contribution in [3.8, 4) is 0 Å². The number of esters is 1. The molecule has 3 saturated carbocycles. The molecule has 0 amide bonds. The average Bonchev–Trinajstić information content (AvgIpc) is 2.96. The Balaban J connectivity index is 1.48. The van der Waals surface area contributed by atoms with E-state index >= 15 is 0 Å². The molecule has 35 heavy (non-hydrogen) atoms. The van der Waals surface area contributed by atoms with Gasteiger partial charge >= 0.3 is 5.97 Å². The molecule has 1 aliphatic heterocycles. The largest absolute Gasteiger partial charge is 0.459 e. The fraction of sp³-hybridized carbons (Fsp3) is 0.867. The van der Waals surface area contributed by atoms with Crippen LogP contribution in [0.1, 0.15) is 99.8 Å². The zero-order valence-corrected chi connectivity index (χ0v) is 22.8. The summed E-state index contributed by atoms with van der Waals surface area (Å²) in [7, 11) is 0. The van der Waals surface area contributed by atoms with Crippen LogP contribution in [0.15, 0.2) is 11.6 Å². The van der Waals surface area contributed by atoms with Gasteiger partial charge in [0.25, 0.3) is 0 Å². The van der Waals surface area contributed by atoms with E-state index in [0.717, 1.165) is 25.7 Å². The number of ketones is 1. The summed E-state index contributed by atoms with van der Waals surface area (Å²) in [4.78, 5) is 26.1. The number of aliphatic hydroxyl groups excluding tert-OH is 1. The van der Waals surface area contributed by atoms with Gasteiger partial charge in [-0.25, -0.2) is 0 Å². The zero-order chi connectivity index (χ0) is 25.8. The molecule has 0 spiro atoms. The molecule has 196 valence electrons. The molecule has 0 aromatic heterocycles. The molecule has 0 aromatic carbocycles. The second-order valence-corrected chi connectivity index (χ2v) is 14.5. The van der Waals surface area contributed by atoms with Crippen LogP contribution in [0, 0.1) is 45.3 Å². The Morgan fingerprint density at radius 3 is 2.34 bits per heavy atom. The molecule has 4 aliphatic carbocycles. The van der Waals surface area contributed by atoms with Gasteiger partial charge in [0.15, 0.2) is 0 Å². The molecule has 0 unspecified atom stereocenters. The van der Waals surface area contributed by atoms with E-state index < -0.39 is 17.8 Å². The Labute approximate surface area is 211 Å². The van der Waals surface area contributed by atoms with Crippen molar-refractivity contribution in [1.29, 1.82) is 0 Å². The molecule has 5 rings (SSSR count). The average molecular weight is 487 g/mol. The van der Waals surface area contributed by atoms with E-state index in [4.69, 9.17) is 4.74 Å². The number of allylic oxidation sites excluding steroid dienone is 2. The third kappa shape index (κ3) is 3.32. The summed E-state index contributed by atoms with van der Waals surface area (Å²) in [5.41, 5.74) is -0.138. The second-order valence-electron chi connectivity index (χ2n) is 14.5. The van der Waals surface area contributed by atoms with Crippen molar-refractivity contribution < 1.29 is 24.5 Å². The van der Waals surface area contributed by atoms with Crippen LogP contribution in [-0.4, -0.2) is 39.8 Å². The lowest BCUT2D eigenvalue weighted by molar-refractivity contribution is -0.184. The third-order valence-corrected chi connectivity index (χ3v) is 12.2. The van der Waals surface area contributed by atoms with Crippen LogP contribution < -0.4 is 0 Å². The van der Waals surface area contributed by atoms with E-state index in [9.17, 15) is 19.8 Å². The van der Waals surface area contributed by atoms with E-state index in [1.165, 1.54) is 5.57 Å². The molecule has 1 heterocycles. The van der Waals surface area contributed by atoms with E-state index in [-0.39, 0.29) is 39.5 Å². The van der Waals surface area contributed by atoms with Crippen molar-refractivity contribution in [3.05, 3.63) is 11.6 Å². The number of fused-ring (bicyclic) bond motifs is 5. The molecule has 0 aromatic rings. The fourth-order valence-corrected chi connectivity index (χ4v) is 9.89. The minimum Gasteiger partial charge on any atom is -0.459 e. The zero-order valence-electron chi connectivity index (χ0n) is 22.8. The summed E-state index contributed by atoms with van der Waals surface area (Å²) in [6.45, 7) is 14.8. The lowest BCUT2D eigenvalue weighted by atomic mass is 9.41. The summed E-state index contributed by atoms with van der Waals surface area (Å²) in [5, 5.41) is 21.9. The lowest BCUT2D eigenvalue weighted by Crippen LogP contribution is -2.57. The van der Waals surface area contributed by atoms with E-state index in [0.29, 0.717) is 43.3 Å². The van der Waals surface area contributed by atoms with Crippen LogP contribution >= 0.6 is 0 Å². The van der Waals surface area contributed by atoms with E-state index in [2.05, 4.69) is 40.7 Å². The predicted molar refractivity (Wildman–Crippen MR) is 134 cm³/mol. The molecule has 5 nitrogen and oxygen atoms in total. The number of hydrogen-bond donors (Lipinski definition) is 2. The summed E-state index contributed by atoms with van der Waals surface area (Å²) in [6, 6.07) is 0. The number of carbonyl (C=O) groups excluding carboxylic acids is 2. The first-order valence-corrected chi connectivity index (χ1v) is 13.9. The van der Waals surface area contributed by atoms with Crippen LogP contribution in [0.5, 0.6) is 0 Å². The van der Waals surface area contributed by atoms with E-state index in [1.54, 1.807) is 13.8 Å². The van der Waals surface area contributed by atoms with Gasteiger partial charge in [0.1, 0.15) is 11.9 Å². The maximum Gasteiger partial charge on any atom is 0.309 e. The van der Waals surface area contributed by atoms with Crippen molar-refractivity contribution in [2.75, 3.05) is 0 Å². The van der Waals surface area contributed by atoms with Gasteiger partial charge in [0, 0.05) is 17.8 Å². The minimum atomic E-state index is -1.06. The SMILES string of the molecule is CC(C)(O)[C@@H]1CC[C@H]([C@@H]2[C@@H](O)C[C@]3(C)C4=CC[C@H]5C(C)(C)C(=O)CC[C@]5(C)[C@@H]4CC[C@@]23C)C(=O)O1. The van der Waals surface area contributed by atoms with Gasteiger partial charge < -0.3 is 14.9 Å². The maximum absolute atomic E-state index is 13.2. The Hall–Kier alpha value is -1.20. The van der Waals surface area contributed by atoms with Gasteiger partial charge in [-0.2, -0.15) is 0 Å². The summed E-state index contributed by atoms with van der Waals surface area (Å²) in [6.07, 6.45) is 7.93. The summed E-state index contributed by atoms with van der Waals surface area (Å²) >= 11 is 0. The number of cyclic esters (lactones) is 1. The molecule has 2 N–H and O–H groups in total. The first-order chi connectivity index (χ1) is 16.1. The molecule has 0 bridgehead atoms. The first-order valence-electron chi connectivity index (χ1n) is 13.9. The first kappa shape index (κ1) is 25.4. The number of rotatable bonds is 2. The van der Waals surface area contributed by atoms with Crippen LogP contribution in [0.2, 0.25) is 0 Å². The normalized spacial score (nSPS) is 49.5. The maximum atomic E-state index is 13.2. The number of ether oxygens (including phenoxy) is 1. The summed E-state index contributed by atoms with van der Waals surface area (Å²) < 4.78 is 5.76. The van der Waals surface area contributed by atoms with Crippen molar-refractivity contribution in [3.63, 3.8) is 0 Å². The van der Waals surface area contributed by atoms with Gasteiger partial charge in [-0.1, -0.05) is 46.3 Å². The second kappa shape index (κ2) is 7.66. The lowest BCUT2D eigenvalue weighted by Gasteiger charge is -2.63. The highest BCUT2D eigenvalue weighted by Crippen LogP contribution is 2.73. The quantitative estimate of drug-likeness (QED) is 0.413. The van der Waals surface area contributed by atoms with Gasteiger partial charge in [-0.15, -0.1) is 0 Å². The standard InChI is InChI=1S/C30H46O5/c1-26(2)21-10-9-19-18(28(21,5)14-13-22(26)32)12-15-29(6)24(20(31)16-30(19,29)7)17-8-11-23(27(3,4)34)35-25(17)33/h9,17-18,20-21,23-24,31,34H,8,10-16H2,1-7H3/t17-,18-,20+,21+,23+,24-,28-,29+,30-/m1/s1. The molecule has 1 saturated heterocycles. The molecule has 0 radical (unpaired) electrons.